The lowest BCUT2D eigenvalue weighted by atomic mass is 10.2. The average Bonchev–Trinajstić information content (AvgIpc) is 3.15. The first-order valence-electron chi connectivity index (χ1n) is 9.99. The summed E-state index contributed by atoms with van der Waals surface area (Å²) in [5, 5.41) is 3.30. The van der Waals surface area contributed by atoms with Crippen molar-refractivity contribution in [1.29, 1.82) is 0 Å². The Labute approximate surface area is 185 Å². The van der Waals surface area contributed by atoms with E-state index in [1.807, 2.05) is 6.92 Å². The predicted octanol–water partition coefficient (Wildman–Crippen LogP) is 4.65. The van der Waals surface area contributed by atoms with Crippen LogP contribution in [0, 0.1) is 5.82 Å². The Kier molecular flexibility index (Phi) is 5.96. The van der Waals surface area contributed by atoms with Crippen LogP contribution >= 0.6 is 0 Å². The summed E-state index contributed by atoms with van der Waals surface area (Å²) >= 11 is 0. The van der Waals surface area contributed by atoms with Gasteiger partial charge in [-0.2, -0.15) is 0 Å². The van der Waals surface area contributed by atoms with Crippen molar-refractivity contribution in [2.75, 3.05) is 11.9 Å². The number of amides is 1. The molecule has 4 rings (SSSR count). The summed E-state index contributed by atoms with van der Waals surface area (Å²) in [7, 11) is -3.90. The highest BCUT2D eigenvalue weighted by Crippen LogP contribution is 2.30. The number of hydrogen-bond donors (Lipinski definition) is 1. The lowest BCUT2D eigenvalue weighted by molar-refractivity contribution is -0.116. The Morgan fingerprint density at radius 3 is 2.38 bits per heavy atom. The standard InChI is InChI=1S/C24H21FN2O4S/c1-2-31-19-11-9-18(10-12-19)26-24(28)16-27-15-23(21-5-3-4-6-22(21)27)32(29,30)20-13-7-17(25)8-14-20/h3-15H,2,16H2,1H3,(H,26,28). The first kappa shape index (κ1) is 21.6. The molecule has 0 saturated heterocycles. The molecule has 0 radical (unpaired) electrons. The van der Waals surface area contributed by atoms with Gasteiger partial charge in [0.05, 0.1) is 16.4 Å². The zero-order valence-corrected chi connectivity index (χ0v) is 18.1. The molecule has 4 aromatic rings. The van der Waals surface area contributed by atoms with E-state index in [-0.39, 0.29) is 22.2 Å². The molecule has 164 valence electrons. The number of anilines is 1. The number of nitrogens with zero attached hydrogens (tertiary/aromatic N) is 1. The maximum absolute atomic E-state index is 13.3. The molecule has 1 aromatic heterocycles. The quantitative estimate of drug-likeness (QED) is 0.414. The molecule has 8 heteroatoms. The molecule has 0 atom stereocenters. The van der Waals surface area contributed by atoms with Gasteiger partial charge in [-0.3, -0.25) is 4.79 Å². The van der Waals surface area contributed by atoms with Crippen LogP contribution < -0.4 is 10.1 Å². The zero-order valence-electron chi connectivity index (χ0n) is 17.3. The van der Waals surface area contributed by atoms with E-state index in [9.17, 15) is 17.6 Å². The van der Waals surface area contributed by atoms with Gasteiger partial charge in [-0.15, -0.1) is 0 Å². The van der Waals surface area contributed by atoms with Crippen molar-refractivity contribution in [1.82, 2.24) is 4.57 Å². The monoisotopic (exact) mass is 452 g/mol. The highest BCUT2D eigenvalue weighted by atomic mass is 32.2. The fourth-order valence-electron chi connectivity index (χ4n) is 3.46. The van der Waals surface area contributed by atoms with Crippen LogP contribution in [0.25, 0.3) is 10.9 Å². The minimum absolute atomic E-state index is 0.0133. The van der Waals surface area contributed by atoms with Gasteiger partial charge in [0.25, 0.3) is 0 Å². The number of halogens is 1. The summed E-state index contributed by atoms with van der Waals surface area (Å²) in [4.78, 5) is 12.7. The van der Waals surface area contributed by atoms with E-state index in [0.29, 0.717) is 28.9 Å². The molecule has 0 spiro atoms. The summed E-state index contributed by atoms with van der Waals surface area (Å²) < 4.78 is 46.6. The zero-order chi connectivity index (χ0) is 22.7. The van der Waals surface area contributed by atoms with E-state index in [0.717, 1.165) is 12.1 Å². The Hall–Kier alpha value is -3.65. The normalized spacial score (nSPS) is 11.4. The molecule has 0 saturated carbocycles. The number of fused-ring (bicyclic) bond motifs is 1. The molecular weight excluding hydrogens is 431 g/mol. The number of sulfone groups is 1. The first-order valence-corrected chi connectivity index (χ1v) is 11.5. The number of carbonyl (C=O) groups is 1. The number of hydrogen-bond acceptors (Lipinski definition) is 4. The summed E-state index contributed by atoms with van der Waals surface area (Å²) in [6, 6.07) is 18.6. The number of rotatable bonds is 7. The van der Waals surface area contributed by atoms with Crippen LogP contribution in [0.4, 0.5) is 10.1 Å². The number of carbonyl (C=O) groups excluding carboxylic acids is 1. The van der Waals surface area contributed by atoms with Gasteiger partial charge in [0, 0.05) is 22.8 Å². The number of para-hydroxylation sites is 1. The third kappa shape index (κ3) is 4.36. The van der Waals surface area contributed by atoms with Gasteiger partial charge < -0.3 is 14.6 Å². The van der Waals surface area contributed by atoms with Gasteiger partial charge in [-0.1, -0.05) is 18.2 Å². The minimum atomic E-state index is -3.90. The Bertz CT molecular complexity index is 1360. The van der Waals surface area contributed by atoms with Crippen molar-refractivity contribution in [2.24, 2.45) is 0 Å². The highest BCUT2D eigenvalue weighted by molar-refractivity contribution is 7.91. The van der Waals surface area contributed by atoms with E-state index < -0.39 is 15.7 Å². The summed E-state index contributed by atoms with van der Waals surface area (Å²) in [5.74, 6) is -0.115. The number of aromatic nitrogens is 1. The molecule has 1 N–H and O–H groups in total. The van der Waals surface area contributed by atoms with Crippen molar-refractivity contribution in [3.05, 3.63) is 84.8 Å². The lowest BCUT2D eigenvalue weighted by Crippen LogP contribution is -2.18. The van der Waals surface area contributed by atoms with Crippen molar-refractivity contribution in [2.45, 2.75) is 23.3 Å². The number of benzene rings is 3. The van der Waals surface area contributed by atoms with Crippen LogP contribution in [-0.4, -0.2) is 25.5 Å². The molecule has 0 aliphatic carbocycles. The largest absolute Gasteiger partial charge is 0.494 e. The van der Waals surface area contributed by atoms with Crippen LogP contribution in [-0.2, 0) is 21.2 Å². The smallest absolute Gasteiger partial charge is 0.244 e. The Morgan fingerprint density at radius 1 is 1.00 bits per heavy atom. The third-order valence-corrected chi connectivity index (χ3v) is 6.73. The van der Waals surface area contributed by atoms with Crippen molar-refractivity contribution in [3.8, 4) is 5.75 Å². The minimum Gasteiger partial charge on any atom is -0.494 e. The molecule has 0 unspecified atom stereocenters. The highest BCUT2D eigenvalue weighted by Gasteiger charge is 2.24. The van der Waals surface area contributed by atoms with Crippen molar-refractivity contribution in [3.63, 3.8) is 0 Å². The summed E-state index contributed by atoms with van der Waals surface area (Å²) in [6.45, 7) is 2.36. The summed E-state index contributed by atoms with van der Waals surface area (Å²) in [5.41, 5.74) is 1.21. The predicted molar refractivity (Wildman–Crippen MR) is 120 cm³/mol. The fourth-order valence-corrected chi connectivity index (χ4v) is 4.93. The first-order chi connectivity index (χ1) is 15.4. The molecule has 0 aliphatic rings. The second kappa shape index (κ2) is 8.84. The van der Waals surface area contributed by atoms with E-state index in [2.05, 4.69) is 5.32 Å². The fraction of sp³-hybridized carbons (Fsp3) is 0.125. The van der Waals surface area contributed by atoms with Gasteiger partial charge in [-0.25, -0.2) is 12.8 Å². The maximum atomic E-state index is 13.3. The molecule has 0 aliphatic heterocycles. The number of ether oxygens (including phenoxy) is 1. The molecule has 0 bridgehead atoms. The van der Waals surface area contributed by atoms with Crippen LogP contribution in [0.2, 0.25) is 0 Å². The van der Waals surface area contributed by atoms with E-state index in [4.69, 9.17) is 4.74 Å². The molecule has 6 nitrogen and oxygen atoms in total. The van der Waals surface area contributed by atoms with Gasteiger partial charge in [0.2, 0.25) is 15.7 Å². The SMILES string of the molecule is CCOc1ccc(NC(=O)Cn2cc(S(=O)(=O)c3ccc(F)cc3)c3ccccc32)cc1. The Balaban J connectivity index is 1.62. The molecule has 32 heavy (non-hydrogen) atoms. The Morgan fingerprint density at radius 2 is 1.69 bits per heavy atom. The third-order valence-electron chi connectivity index (χ3n) is 4.93. The van der Waals surface area contributed by atoms with Gasteiger partial charge in [0.1, 0.15) is 18.1 Å². The summed E-state index contributed by atoms with van der Waals surface area (Å²) in [6.07, 6.45) is 1.45. The average molecular weight is 453 g/mol. The molecule has 0 fully saturated rings. The van der Waals surface area contributed by atoms with Gasteiger partial charge in [0.15, 0.2) is 0 Å². The van der Waals surface area contributed by atoms with Crippen LogP contribution in [0.3, 0.4) is 0 Å². The molecule has 1 heterocycles. The van der Waals surface area contributed by atoms with E-state index in [1.54, 1.807) is 53.1 Å². The lowest BCUT2D eigenvalue weighted by Gasteiger charge is -2.08. The molecular formula is C24H21FN2O4S. The van der Waals surface area contributed by atoms with E-state index >= 15 is 0 Å². The van der Waals surface area contributed by atoms with E-state index in [1.165, 1.54) is 18.3 Å². The van der Waals surface area contributed by atoms with Crippen molar-refractivity contribution < 1.29 is 22.3 Å². The molecule has 3 aromatic carbocycles. The van der Waals surface area contributed by atoms with Crippen molar-refractivity contribution >= 4 is 32.3 Å². The van der Waals surface area contributed by atoms with Gasteiger partial charge in [-0.05, 0) is 61.5 Å². The maximum Gasteiger partial charge on any atom is 0.244 e. The van der Waals surface area contributed by atoms with Crippen LogP contribution in [0.15, 0.2) is 88.8 Å². The molecule has 1 amide bonds. The topological polar surface area (TPSA) is 77.4 Å². The number of nitrogens with one attached hydrogen (secondary N) is 1. The van der Waals surface area contributed by atoms with Crippen LogP contribution in [0.5, 0.6) is 5.75 Å². The van der Waals surface area contributed by atoms with Gasteiger partial charge >= 0.3 is 0 Å². The second-order valence-electron chi connectivity index (χ2n) is 7.10. The second-order valence-corrected chi connectivity index (χ2v) is 9.02. The van der Waals surface area contributed by atoms with Crippen LogP contribution in [0.1, 0.15) is 6.92 Å².